The van der Waals surface area contributed by atoms with E-state index in [4.69, 9.17) is 32.7 Å². The molecule has 1 saturated heterocycles. The number of aryl methyl sites for hydroxylation is 3. The Morgan fingerprint density at radius 1 is 0.921 bits per heavy atom. The second kappa shape index (κ2) is 11.3. The number of nitrogens with one attached hydrogen (secondary N) is 1. The summed E-state index contributed by atoms with van der Waals surface area (Å²) in [6.45, 7) is 8.20. The lowest BCUT2D eigenvalue weighted by atomic mass is 10.1. The number of halogens is 2. The van der Waals surface area contributed by atoms with Crippen LogP contribution in [0.4, 0.5) is 10.5 Å². The molecular formula is C29H26Cl2N2O5. The second-order valence-electron chi connectivity index (χ2n) is 8.94. The monoisotopic (exact) mass is 552 g/mol. The van der Waals surface area contributed by atoms with Crippen LogP contribution in [0.2, 0.25) is 10.0 Å². The number of rotatable bonds is 7. The molecule has 9 heteroatoms. The minimum absolute atomic E-state index is 0.244. The number of barbiturate groups is 1. The number of anilines is 1. The van der Waals surface area contributed by atoms with E-state index in [1.54, 1.807) is 31.2 Å². The first kappa shape index (κ1) is 27.2. The normalized spacial score (nSPS) is 14.6. The fraction of sp³-hybridized carbons (Fsp3) is 0.207. The first-order valence-electron chi connectivity index (χ1n) is 11.9. The van der Waals surface area contributed by atoms with Crippen LogP contribution >= 0.6 is 23.2 Å². The smallest absolute Gasteiger partial charge is 0.335 e. The first-order chi connectivity index (χ1) is 18.1. The molecule has 0 unspecified atom stereocenters. The Balaban J connectivity index is 1.68. The first-order valence-corrected chi connectivity index (χ1v) is 12.7. The van der Waals surface area contributed by atoms with E-state index in [-0.39, 0.29) is 22.9 Å². The number of imide groups is 2. The molecule has 196 valence electrons. The van der Waals surface area contributed by atoms with Gasteiger partial charge >= 0.3 is 6.03 Å². The molecule has 1 aliphatic heterocycles. The predicted octanol–water partition coefficient (Wildman–Crippen LogP) is 6.56. The lowest BCUT2D eigenvalue weighted by Gasteiger charge is -2.27. The number of carbonyl (C=O) groups excluding carboxylic acids is 3. The lowest BCUT2D eigenvalue weighted by Crippen LogP contribution is -2.54. The zero-order chi connectivity index (χ0) is 27.6. The molecule has 4 amide bonds. The average Bonchev–Trinajstić information content (AvgIpc) is 2.83. The van der Waals surface area contributed by atoms with Crippen LogP contribution in [0.25, 0.3) is 6.08 Å². The summed E-state index contributed by atoms with van der Waals surface area (Å²) in [6.07, 6.45) is 1.36. The molecule has 3 aromatic rings. The molecule has 7 nitrogen and oxygen atoms in total. The molecule has 0 atom stereocenters. The van der Waals surface area contributed by atoms with E-state index in [1.807, 2.05) is 32.9 Å². The SMILES string of the molecule is CCOc1cc(/C=C2\C(=O)NC(=O)N(c3cc(Cl)ccc3C)C2=O)cc(Cl)c1OCc1cc(C)cc(C)c1. The van der Waals surface area contributed by atoms with E-state index in [2.05, 4.69) is 11.4 Å². The van der Waals surface area contributed by atoms with Gasteiger partial charge in [0.05, 0.1) is 17.3 Å². The molecule has 0 saturated carbocycles. The second-order valence-corrected chi connectivity index (χ2v) is 9.78. The Bertz CT molecular complexity index is 1460. The van der Waals surface area contributed by atoms with Gasteiger partial charge in [0.15, 0.2) is 11.5 Å². The van der Waals surface area contributed by atoms with Crippen LogP contribution < -0.4 is 19.7 Å². The largest absolute Gasteiger partial charge is 0.490 e. The van der Waals surface area contributed by atoms with Gasteiger partial charge in [0, 0.05) is 5.02 Å². The summed E-state index contributed by atoms with van der Waals surface area (Å²) >= 11 is 12.7. The number of benzene rings is 3. The summed E-state index contributed by atoms with van der Waals surface area (Å²) in [7, 11) is 0. The minimum atomic E-state index is -0.856. The molecular weight excluding hydrogens is 527 g/mol. The predicted molar refractivity (Wildman–Crippen MR) is 148 cm³/mol. The van der Waals surface area contributed by atoms with E-state index in [0.29, 0.717) is 34.3 Å². The fourth-order valence-electron chi connectivity index (χ4n) is 4.25. The number of hydrogen-bond acceptors (Lipinski definition) is 5. The highest BCUT2D eigenvalue weighted by Crippen LogP contribution is 2.38. The standard InChI is InChI=1S/C29H26Cl2N2O5/c1-5-37-25-13-19(12-23(31)26(25)38-15-20-9-16(2)8-17(3)10-20)11-22-27(34)32-29(36)33(28(22)35)24-14-21(30)7-6-18(24)4/h6-14H,5,15H2,1-4H3,(H,32,34,36)/b22-11+. The molecule has 4 rings (SSSR count). The van der Waals surface area contributed by atoms with Gasteiger partial charge in [-0.3, -0.25) is 14.9 Å². The number of carbonyl (C=O) groups is 3. The third-order valence-corrected chi connectivity index (χ3v) is 6.34. The van der Waals surface area contributed by atoms with E-state index >= 15 is 0 Å². The van der Waals surface area contributed by atoms with Crippen LogP contribution in [-0.4, -0.2) is 24.5 Å². The van der Waals surface area contributed by atoms with Gasteiger partial charge in [-0.1, -0.05) is 58.6 Å². The van der Waals surface area contributed by atoms with Gasteiger partial charge in [-0.2, -0.15) is 0 Å². The highest BCUT2D eigenvalue weighted by Gasteiger charge is 2.37. The molecule has 0 aromatic heterocycles. The molecule has 1 N–H and O–H groups in total. The highest BCUT2D eigenvalue weighted by molar-refractivity contribution is 6.40. The number of urea groups is 1. The van der Waals surface area contributed by atoms with Crippen molar-refractivity contribution in [3.63, 3.8) is 0 Å². The van der Waals surface area contributed by atoms with Gasteiger partial charge in [-0.25, -0.2) is 9.69 Å². The van der Waals surface area contributed by atoms with E-state index in [0.717, 1.165) is 21.6 Å². The van der Waals surface area contributed by atoms with Gasteiger partial charge in [-0.05, 0) is 74.7 Å². The van der Waals surface area contributed by atoms with Crippen molar-refractivity contribution in [2.24, 2.45) is 0 Å². The summed E-state index contributed by atoms with van der Waals surface area (Å²) < 4.78 is 11.8. The van der Waals surface area contributed by atoms with E-state index in [9.17, 15) is 14.4 Å². The zero-order valence-corrected chi connectivity index (χ0v) is 22.9. The Morgan fingerprint density at radius 3 is 2.32 bits per heavy atom. The molecule has 38 heavy (non-hydrogen) atoms. The Labute approximate surface area is 230 Å². The van der Waals surface area contributed by atoms with Crippen LogP contribution in [0.1, 0.15) is 34.7 Å². The summed E-state index contributed by atoms with van der Waals surface area (Å²) in [5.41, 5.74) is 4.33. The van der Waals surface area contributed by atoms with Crippen molar-refractivity contribution in [3.8, 4) is 11.5 Å². The van der Waals surface area contributed by atoms with Crippen molar-refractivity contribution in [1.29, 1.82) is 0 Å². The molecule has 1 heterocycles. The summed E-state index contributed by atoms with van der Waals surface area (Å²) in [5.74, 6) is -0.896. The molecule has 1 fully saturated rings. The topological polar surface area (TPSA) is 84.9 Å². The van der Waals surface area contributed by atoms with Gasteiger partial charge in [-0.15, -0.1) is 0 Å². The van der Waals surface area contributed by atoms with Gasteiger partial charge in [0.25, 0.3) is 11.8 Å². The van der Waals surface area contributed by atoms with Crippen molar-refractivity contribution in [1.82, 2.24) is 5.32 Å². The van der Waals surface area contributed by atoms with Crippen molar-refractivity contribution in [2.75, 3.05) is 11.5 Å². The maximum atomic E-state index is 13.3. The van der Waals surface area contributed by atoms with Crippen LogP contribution in [-0.2, 0) is 16.2 Å². The molecule has 0 spiro atoms. The molecule has 0 aliphatic carbocycles. The number of ether oxygens (including phenoxy) is 2. The number of hydrogen-bond donors (Lipinski definition) is 1. The molecule has 3 aromatic carbocycles. The maximum Gasteiger partial charge on any atom is 0.335 e. The van der Waals surface area contributed by atoms with Crippen molar-refractivity contribution in [2.45, 2.75) is 34.3 Å². The fourth-order valence-corrected chi connectivity index (χ4v) is 4.69. The van der Waals surface area contributed by atoms with E-state index in [1.165, 1.54) is 12.1 Å². The lowest BCUT2D eigenvalue weighted by molar-refractivity contribution is -0.122. The Hall–Kier alpha value is -3.81. The average molecular weight is 553 g/mol. The molecule has 0 bridgehead atoms. The Kier molecular flexibility index (Phi) is 8.09. The molecule has 1 aliphatic rings. The summed E-state index contributed by atoms with van der Waals surface area (Å²) in [4.78, 5) is 39.5. The van der Waals surface area contributed by atoms with Gasteiger partial charge in [0.2, 0.25) is 0 Å². The quantitative estimate of drug-likeness (QED) is 0.265. The zero-order valence-electron chi connectivity index (χ0n) is 21.4. The maximum absolute atomic E-state index is 13.3. The van der Waals surface area contributed by atoms with Crippen LogP contribution in [0.5, 0.6) is 11.5 Å². The summed E-state index contributed by atoms with van der Waals surface area (Å²) in [5, 5.41) is 2.81. The van der Waals surface area contributed by atoms with Crippen molar-refractivity contribution in [3.05, 3.63) is 92.0 Å². The minimum Gasteiger partial charge on any atom is -0.490 e. The molecule has 0 radical (unpaired) electrons. The van der Waals surface area contributed by atoms with Crippen LogP contribution in [0.15, 0.2) is 54.1 Å². The van der Waals surface area contributed by atoms with Gasteiger partial charge in [0.1, 0.15) is 12.2 Å². The number of nitrogens with zero attached hydrogens (tertiary/aromatic N) is 1. The van der Waals surface area contributed by atoms with Gasteiger partial charge < -0.3 is 9.47 Å². The third-order valence-electron chi connectivity index (χ3n) is 5.82. The highest BCUT2D eigenvalue weighted by atomic mass is 35.5. The Morgan fingerprint density at radius 2 is 1.63 bits per heavy atom. The third kappa shape index (κ3) is 5.85. The summed E-state index contributed by atoms with van der Waals surface area (Å²) in [6, 6.07) is 13.3. The van der Waals surface area contributed by atoms with Crippen LogP contribution in [0, 0.1) is 20.8 Å². The van der Waals surface area contributed by atoms with Crippen LogP contribution in [0.3, 0.4) is 0 Å². The van der Waals surface area contributed by atoms with Crippen molar-refractivity contribution < 1.29 is 23.9 Å². The van der Waals surface area contributed by atoms with E-state index < -0.39 is 17.8 Å². The van der Waals surface area contributed by atoms with Crippen molar-refractivity contribution >= 4 is 52.8 Å². The number of amides is 4.